The summed E-state index contributed by atoms with van der Waals surface area (Å²) in [7, 11) is 0. The molecule has 1 aromatic rings. The van der Waals surface area contributed by atoms with Gasteiger partial charge in [-0.3, -0.25) is 19.3 Å². The van der Waals surface area contributed by atoms with Crippen molar-refractivity contribution in [3.63, 3.8) is 0 Å². The Morgan fingerprint density at radius 3 is 2.52 bits per heavy atom. The fraction of sp³-hybridized carbons (Fsp3) is 0.500. The molecule has 2 heterocycles. The first kappa shape index (κ1) is 17.4. The molecule has 2 aliphatic rings. The summed E-state index contributed by atoms with van der Waals surface area (Å²) in [5.74, 6) is 0.0786. The van der Waals surface area contributed by atoms with Gasteiger partial charge in [0.15, 0.2) is 12.4 Å². The normalized spacial score (nSPS) is 17.9. The Morgan fingerprint density at radius 2 is 1.88 bits per heavy atom. The van der Waals surface area contributed by atoms with Crippen molar-refractivity contribution < 1.29 is 19.1 Å². The van der Waals surface area contributed by atoms with E-state index in [9.17, 15) is 14.4 Å². The highest BCUT2D eigenvalue weighted by Gasteiger charge is 2.30. The number of carbonyl (C=O) groups excluding carboxylic acids is 3. The van der Waals surface area contributed by atoms with Crippen LogP contribution in [0.5, 0.6) is 5.75 Å². The van der Waals surface area contributed by atoms with Crippen LogP contribution >= 0.6 is 0 Å². The molecule has 0 saturated carbocycles. The highest BCUT2D eigenvalue weighted by atomic mass is 16.5. The zero-order chi connectivity index (χ0) is 18.0. The van der Waals surface area contributed by atoms with Crippen LogP contribution in [0.15, 0.2) is 18.2 Å². The van der Waals surface area contributed by atoms with Gasteiger partial charge in [-0.05, 0) is 31.7 Å². The van der Waals surface area contributed by atoms with Crippen molar-refractivity contribution in [3.8, 4) is 5.75 Å². The van der Waals surface area contributed by atoms with E-state index in [0.29, 0.717) is 30.1 Å². The summed E-state index contributed by atoms with van der Waals surface area (Å²) < 4.78 is 5.42. The summed E-state index contributed by atoms with van der Waals surface area (Å²) in [6.45, 7) is 7.48. The van der Waals surface area contributed by atoms with Gasteiger partial charge in [-0.15, -0.1) is 0 Å². The number of fused-ring (bicyclic) bond motifs is 1. The number of benzene rings is 1. The molecule has 0 N–H and O–H groups in total. The number of ether oxygens (including phenoxy) is 1. The molecule has 1 aromatic carbocycles. The number of carbonyl (C=O) groups is 3. The Kier molecular flexibility index (Phi) is 5.03. The molecule has 134 valence electrons. The van der Waals surface area contributed by atoms with Crippen molar-refractivity contribution in [1.29, 1.82) is 0 Å². The van der Waals surface area contributed by atoms with Gasteiger partial charge in [0.1, 0.15) is 12.3 Å². The van der Waals surface area contributed by atoms with Crippen molar-refractivity contribution >= 4 is 23.3 Å². The lowest BCUT2D eigenvalue weighted by atomic mass is 10.1. The van der Waals surface area contributed by atoms with E-state index < -0.39 is 0 Å². The van der Waals surface area contributed by atoms with Gasteiger partial charge in [0, 0.05) is 31.7 Å². The summed E-state index contributed by atoms with van der Waals surface area (Å²) in [6.07, 6.45) is 0. The van der Waals surface area contributed by atoms with Crippen LogP contribution in [-0.4, -0.2) is 73.3 Å². The molecule has 0 bridgehead atoms. The number of anilines is 1. The number of Topliss-reactive ketones (excluding diaryl/α,β-unsaturated/α-hetero) is 1. The van der Waals surface area contributed by atoms with E-state index in [0.717, 1.165) is 19.6 Å². The minimum Gasteiger partial charge on any atom is -0.482 e. The molecule has 1 saturated heterocycles. The van der Waals surface area contributed by atoms with E-state index in [2.05, 4.69) is 11.8 Å². The van der Waals surface area contributed by atoms with Gasteiger partial charge in [0.25, 0.3) is 5.91 Å². The molecule has 0 aliphatic carbocycles. The molecule has 2 amide bonds. The fourth-order valence-electron chi connectivity index (χ4n) is 3.14. The Morgan fingerprint density at radius 1 is 1.16 bits per heavy atom. The van der Waals surface area contributed by atoms with Crippen LogP contribution in [0.1, 0.15) is 24.2 Å². The lowest BCUT2D eigenvalue weighted by molar-refractivity contribution is -0.133. The maximum Gasteiger partial charge on any atom is 0.265 e. The zero-order valence-electron chi connectivity index (χ0n) is 14.7. The van der Waals surface area contributed by atoms with Crippen molar-refractivity contribution in [1.82, 2.24) is 9.80 Å². The van der Waals surface area contributed by atoms with E-state index in [-0.39, 0.29) is 30.7 Å². The average Bonchev–Trinajstić information content (AvgIpc) is 2.63. The van der Waals surface area contributed by atoms with Gasteiger partial charge in [0.2, 0.25) is 5.91 Å². The molecule has 0 atom stereocenters. The first-order valence-electron chi connectivity index (χ1n) is 8.58. The minimum atomic E-state index is -0.270. The minimum absolute atomic E-state index is 0.0251. The van der Waals surface area contributed by atoms with E-state index in [1.165, 1.54) is 11.8 Å². The number of hydrogen-bond donors (Lipinski definition) is 0. The van der Waals surface area contributed by atoms with Crippen molar-refractivity contribution in [3.05, 3.63) is 23.8 Å². The van der Waals surface area contributed by atoms with Gasteiger partial charge in [-0.1, -0.05) is 6.92 Å². The second-order valence-electron chi connectivity index (χ2n) is 6.32. The van der Waals surface area contributed by atoms with Crippen LogP contribution in [0.25, 0.3) is 0 Å². The van der Waals surface area contributed by atoms with Crippen LogP contribution < -0.4 is 9.64 Å². The van der Waals surface area contributed by atoms with Gasteiger partial charge >= 0.3 is 0 Å². The second kappa shape index (κ2) is 7.23. The molecular weight excluding hydrogens is 322 g/mol. The Bertz CT molecular complexity index is 696. The van der Waals surface area contributed by atoms with Gasteiger partial charge in [-0.25, -0.2) is 0 Å². The van der Waals surface area contributed by atoms with Crippen LogP contribution in [0.4, 0.5) is 5.69 Å². The maximum absolute atomic E-state index is 12.6. The van der Waals surface area contributed by atoms with Gasteiger partial charge in [0.05, 0.1) is 5.69 Å². The van der Waals surface area contributed by atoms with Crippen LogP contribution in [0.2, 0.25) is 0 Å². The number of hydrogen-bond acceptors (Lipinski definition) is 5. The number of likely N-dealkylation sites (N-methyl/N-ethyl adjacent to an activating group) is 1. The Hall–Kier alpha value is -2.41. The number of amides is 2. The van der Waals surface area contributed by atoms with E-state index in [1.807, 2.05) is 0 Å². The maximum atomic E-state index is 12.6. The highest BCUT2D eigenvalue weighted by Crippen LogP contribution is 2.33. The molecule has 1 fully saturated rings. The van der Waals surface area contributed by atoms with Crippen molar-refractivity contribution in [2.24, 2.45) is 0 Å². The SMILES string of the molecule is CCN1CCN(C(=O)CN2C(=O)COc3ccc(C(C)=O)cc32)CC1. The van der Waals surface area contributed by atoms with E-state index >= 15 is 0 Å². The summed E-state index contributed by atoms with van der Waals surface area (Å²) in [4.78, 5) is 42.1. The van der Waals surface area contributed by atoms with Crippen LogP contribution in [0.3, 0.4) is 0 Å². The molecule has 0 aromatic heterocycles. The molecule has 2 aliphatic heterocycles. The van der Waals surface area contributed by atoms with Gasteiger partial charge in [-0.2, -0.15) is 0 Å². The predicted octanol–water partition coefficient (Wildman–Crippen LogP) is 0.779. The Labute approximate surface area is 147 Å². The van der Waals surface area contributed by atoms with E-state index in [4.69, 9.17) is 4.74 Å². The topological polar surface area (TPSA) is 70.2 Å². The van der Waals surface area contributed by atoms with Crippen LogP contribution in [-0.2, 0) is 9.59 Å². The van der Waals surface area contributed by atoms with Crippen molar-refractivity contribution in [2.75, 3.05) is 50.8 Å². The van der Waals surface area contributed by atoms with Crippen molar-refractivity contribution in [2.45, 2.75) is 13.8 Å². The standard InChI is InChI=1S/C18H23N3O4/c1-3-19-6-8-20(9-7-19)17(23)11-21-15-10-14(13(2)22)4-5-16(15)25-12-18(21)24/h4-5,10H,3,6-9,11-12H2,1-2H3. The number of rotatable bonds is 4. The molecule has 3 rings (SSSR count). The summed E-state index contributed by atoms with van der Waals surface area (Å²) in [5, 5.41) is 0. The third-order valence-corrected chi connectivity index (χ3v) is 4.77. The Balaban J connectivity index is 1.76. The quantitative estimate of drug-likeness (QED) is 0.754. The third kappa shape index (κ3) is 3.66. The molecule has 7 heteroatoms. The molecule has 25 heavy (non-hydrogen) atoms. The van der Waals surface area contributed by atoms with E-state index in [1.54, 1.807) is 23.1 Å². The molecular formula is C18H23N3O4. The second-order valence-corrected chi connectivity index (χ2v) is 6.32. The molecule has 0 spiro atoms. The smallest absolute Gasteiger partial charge is 0.265 e. The lowest BCUT2D eigenvalue weighted by Crippen LogP contribution is -2.52. The third-order valence-electron chi connectivity index (χ3n) is 4.77. The predicted molar refractivity (Wildman–Crippen MR) is 93.0 cm³/mol. The summed E-state index contributed by atoms with van der Waals surface area (Å²) in [6, 6.07) is 4.97. The lowest BCUT2D eigenvalue weighted by Gasteiger charge is -2.36. The zero-order valence-corrected chi connectivity index (χ0v) is 14.7. The first-order chi connectivity index (χ1) is 12.0. The molecule has 7 nitrogen and oxygen atoms in total. The number of nitrogens with zero attached hydrogens (tertiary/aromatic N) is 3. The fourth-order valence-corrected chi connectivity index (χ4v) is 3.14. The molecule has 0 radical (unpaired) electrons. The highest BCUT2D eigenvalue weighted by molar-refractivity contribution is 6.04. The summed E-state index contributed by atoms with van der Waals surface area (Å²) >= 11 is 0. The van der Waals surface area contributed by atoms with Crippen LogP contribution in [0, 0.1) is 0 Å². The molecule has 0 unspecified atom stereocenters. The average molecular weight is 345 g/mol. The summed E-state index contributed by atoms with van der Waals surface area (Å²) in [5.41, 5.74) is 0.982. The first-order valence-corrected chi connectivity index (χ1v) is 8.58. The number of piperazine rings is 1. The largest absolute Gasteiger partial charge is 0.482 e. The monoisotopic (exact) mass is 345 g/mol. The number of ketones is 1. The van der Waals surface area contributed by atoms with Gasteiger partial charge < -0.3 is 14.5 Å².